The molecule has 3 nitrogen and oxygen atoms in total. The molecule has 2 heterocycles. The van der Waals surface area contributed by atoms with E-state index in [0.717, 1.165) is 5.69 Å². The molecule has 0 unspecified atom stereocenters. The molecule has 0 atom stereocenters. The highest BCUT2D eigenvalue weighted by molar-refractivity contribution is 5.72. The first-order valence-electron chi connectivity index (χ1n) is 2.95. The molecule has 1 aromatic heterocycles. The number of nitrogens with zero attached hydrogens (tertiary/aromatic N) is 3. The summed E-state index contributed by atoms with van der Waals surface area (Å²) in [6.07, 6.45) is 7.00. The molecule has 0 amide bonds. The number of hydrogen-bond donors (Lipinski definition) is 0. The summed E-state index contributed by atoms with van der Waals surface area (Å²) >= 11 is 0. The van der Waals surface area contributed by atoms with Gasteiger partial charge in [-0.25, -0.2) is 9.67 Å². The van der Waals surface area contributed by atoms with Crippen molar-refractivity contribution < 1.29 is 0 Å². The lowest BCUT2D eigenvalue weighted by molar-refractivity contribution is 0.930. The van der Waals surface area contributed by atoms with Crippen molar-refractivity contribution in [2.24, 2.45) is 4.99 Å². The highest BCUT2D eigenvalue weighted by Gasteiger charge is 1.94. The van der Waals surface area contributed by atoms with Gasteiger partial charge >= 0.3 is 0 Å². The molecule has 0 bridgehead atoms. The summed E-state index contributed by atoms with van der Waals surface area (Å²) in [5.41, 5.74) is 1.02. The van der Waals surface area contributed by atoms with Gasteiger partial charge in [0.25, 0.3) is 0 Å². The second-order valence-corrected chi connectivity index (χ2v) is 1.90. The molecule has 0 aromatic carbocycles. The molecule has 48 valence electrons. The molecule has 0 aliphatic carbocycles. The van der Waals surface area contributed by atoms with Crippen LogP contribution in [0.3, 0.4) is 0 Å². The smallest absolute Gasteiger partial charge is 0.0904 e. The van der Waals surface area contributed by atoms with E-state index >= 15 is 0 Å². The molecular weight excluding hydrogens is 126 g/mol. The van der Waals surface area contributed by atoms with Crippen LogP contribution in [-0.2, 0) is 0 Å². The molecule has 0 fully saturated rings. The molecule has 1 aliphatic rings. The van der Waals surface area contributed by atoms with Crippen molar-refractivity contribution in [3.63, 3.8) is 0 Å². The van der Waals surface area contributed by atoms with E-state index in [-0.39, 0.29) is 0 Å². The largest absolute Gasteiger partial charge is 0.232 e. The Morgan fingerprint density at radius 2 is 2.50 bits per heavy atom. The third-order valence-electron chi connectivity index (χ3n) is 1.28. The maximum absolute atomic E-state index is 4.00. The van der Waals surface area contributed by atoms with Crippen molar-refractivity contribution in [1.29, 1.82) is 0 Å². The second-order valence-electron chi connectivity index (χ2n) is 1.90. The maximum Gasteiger partial charge on any atom is 0.0904 e. The van der Waals surface area contributed by atoms with Crippen molar-refractivity contribution in [2.45, 2.75) is 0 Å². The second kappa shape index (κ2) is 1.97. The molecule has 0 saturated carbocycles. The molecule has 1 aliphatic heterocycles. The lowest BCUT2D eigenvalue weighted by Gasteiger charge is -1.89. The average molecular weight is 131 g/mol. The Hall–Kier alpha value is -1.60. The first-order valence-corrected chi connectivity index (χ1v) is 2.95. The van der Waals surface area contributed by atoms with Gasteiger partial charge in [0, 0.05) is 12.1 Å². The molecule has 0 saturated heterocycles. The van der Waals surface area contributed by atoms with Gasteiger partial charge in [-0.3, -0.25) is 0 Å². The first kappa shape index (κ1) is 5.21. The molecule has 0 radical (unpaired) electrons. The minimum Gasteiger partial charge on any atom is -0.232 e. The van der Waals surface area contributed by atoms with Crippen molar-refractivity contribution in [2.75, 3.05) is 0 Å². The van der Waals surface area contributed by atoms with E-state index in [9.17, 15) is 0 Å². The van der Waals surface area contributed by atoms with E-state index in [1.165, 1.54) is 0 Å². The minimum atomic E-state index is 1.02. The zero-order chi connectivity index (χ0) is 6.81. The Morgan fingerprint density at radius 3 is 3.50 bits per heavy atom. The number of rotatable bonds is 0. The van der Waals surface area contributed by atoms with Gasteiger partial charge in [-0.2, -0.15) is 5.10 Å². The van der Waals surface area contributed by atoms with Crippen LogP contribution in [0, 0.1) is 0 Å². The number of hydrogen-bond acceptors (Lipinski definition) is 2. The number of aromatic nitrogens is 2. The van der Waals surface area contributed by atoms with Gasteiger partial charge in [-0.1, -0.05) is 0 Å². The van der Waals surface area contributed by atoms with Crippen LogP contribution in [-0.4, -0.2) is 15.7 Å². The van der Waals surface area contributed by atoms with Crippen LogP contribution in [0.5, 0.6) is 0 Å². The van der Waals surface area contributed by atoms with Gasteiger partial charge in [-0.05, 0) is 12.1 Å². The van der Waals surface area contributed by atoms with E-state index in [1.807, 2.05) is 12.1 Å². The quantitative estimate of drug-likeness (QED) is 0.516. The Bertz CT molecular complexity index is 326. The van der Waals surface area contributed by atoms with Gasteiger partial charge in [0.15, 0.2) is 0 Å². The van der Waals surface area contributed by atoms with Crippen molar-refractivity contribution in [1.82, 2.24) is 9.78 Å². The molecular formula is C7H5N3. The van der Waals surface area contributed by atoms with Crippen LogP contribution >= 0.6 is 0 Å². The first-order chi connectivity index (χ1) is 4.97. The fourth-order valence-corrected chi connectivity index (χ4v) is 0.809. The highest BCUT2D eigenvalue weighted by Crippen LogP contribution is 2.02. The topological polar surface area (TPSA) is 30.2 Å². The normalized spacial score (nSPS) is 13.2. The number of fused-ring (bicyclic) bond motifs is 1. The van der Waals surface area contributed by atoms with E-state index in [2.05, 4.69) is 16.0 Å². The van der Waals surface area contributed by atoms with Gasteiger partial charge in [0.1, 0.15) is 0 Å². The van der Waals surface area contributed by atoms with E-state index in [4.69, 9.17) is 0 Å². The fraction of sp³-hybridized carbons (Fsp3) is 0. The van der Waals surface area contributed by atoms with Crippen LogP contribution in [0.25, 0.3) is 12.3 Å². The Morgan fingerprint density at radius 1 is 1.50 bits per heavy atom. The summed E-state index contributed by atoms with van der Waals surface area (Å²) in [7, 11) is 0. The lowest BCUT2D eigenvalue weighted by Crippen LogP contribution is -1.89. The van der Waals surface area contributed by atoms with Crippen molar-refractivity contribution >= 4 is 18.1 Å². The average Bonchev–Trinajstić information content (AvgIpc) is 2.28. The summed E-state index contributed by atoms with van der Waals surface area (Å²) in [6.45, 7) is 0. The van der Waals surface area contributed by atoms with Crippen LogP contribution in [0.2, 0.25) is 0 Å². The van der Waals surface area contributed by atoms with Crippen LogP contribution in [0.1, 0.15) is 5.69 Å². The molecule has 0 spiro atoms. The lowest BCUT2D eigenvalue weighted by atomic mass is 10.4. The maximum atomic E-state index is 4.00. The predicted octanol–water partition coefficient (Wildman–Crippen LogP) is 1.01. The summed E-state index contributed by atoms with van der Waals surface area (Å²) in [5.74, 6) is 2.70. The predicted molar refractivity (Wildman–Crippen MR) is 39.5 cm³/mol. The standard InChI is InChI=1S/C7H5N3/c1-3-8-5-6-10-7(1)2-4-9-10/h1-4,6H. The number of aliphatic imine (C=N–C) groups is 1. The van der Waals surface area contributed by atoms with E-state index in [0.29, 0.717) is 0 Å². The Kier molecular flexibility index (Phi) is 1.03. The highest BCUT2D eigenvalue weighted by atomic mass is 15.3. The summed E-state index contributed by atoms with van der Waals surface area (Å²) in [4.78, 5) is 3.81. The van der Waals surface area contributed by atoms with Crippen LogP contribution < -0.4 is 0 Å². The molecule has 3 heteroatoms. The van der Waals surface area contributed by atoms with Gasteiger partial charge in [0.05, 0.1) is 18.1 Å². The van der Waals surface area contributed by atoms with E-state index in [1.54, 1.807) is 23.3 Å². The summed E-state index contributed by atoms with van der Waals surface area (Å²) in [5, 5.41) is 4.00. The molecule has 0 N–H and O–H groups in total. The molecule has 1 aromatic rings. The fourth-order valence-electron chi connectivity index (χ4n) is 0.809. The Balaban J connectivity index is 2.68. The zero-order valence-corrected chi connectivity index (χ0v) is 5.23. The van der Waals surface area contributed by atoms with Crippen LogP contribution in [0.4, 0.5) is 0 Å². The monoisotopic (exact) mass is 131 g/mol. The Labute approximate surface area is 58.0 Å². The summed E-state index contributed by atoms with van der Waals surface area (Å²) < 4.78 is 1.72. The third kappa shape index (κ3) is 0.694. The van der Waals surface area contributed by atoms with E-state index < -0.39 is 0 Å². The SMILES string of the molecule is C1=Cn2nccc2C=CN=1. The van der Waals surface area contributed by atoms with Gasteiger partial charge in [0.2, 0.25) is 0 Å². The van der Waals surface area contributed by atoms with Gasteiger partial charge < -0.3 is 0 Å². The third-order valence-corrected chi connectivity index (χ3v) is 1.28. The molecule has 2 rings (SSSR count). The van der Waals surface area contributed by atoms with Crippen molar-refractivity contribution in [3.05, 3.63) is 24.2 Å². The van der Waals surface area contributed by atoms with Crippen LogP contribution in [0.15, 0.2) is 23.5 Å². The minimum absolute atomic E-state index is 1.02. The van der Waals surface area contributed by atoms with Gasteiger partial charge in [-0.15, -0.1) is 0 Å². The molecule has 10 heavy (non-hydrogen) atoms. The summed E-state index contributed by atoms with van der Waals surface area (Å²) in [6, 6.07) is 1.91. The zero-order valence-electron chi connectivity index (χ0n) is 5.23. The van der Waals surface area contributed by atoms with Crippen molar-refractivity contribution in [3.8, 4) is 0 Å².